The molecule has 1 aromatic rings. The number of benzene rings is 1. The molecule has 0 bridgehead atoms. The molecule has 0 radical (unpaired) electrons. The molecule has 0 heterocycles. The Kier molecular flexibility index (Phi) is 5.78. The Morgan fingerprint density at radius 1 is 1.37 bits per heavy atom. The minimum Gasteiger partial charge on any atom is -0.379 e. The van der Waals surface area contributed by atoms with Crippen LogP contribution in [-0.4, -0.2) is 19.8 Å². The Labute approximate surface area is 120 Å². The van der Waals surface area contributed by atoms with Crippen LogP contribution in [0.15, 0.2) is 18.2 Å². The van der Waals surface area contributed by atoms with Gasteiger partial charge in [-0.15, -0.1) is 0 Å². The number of hydrogen-bond donors (Lipinski definition) is 1. The third-order valence-electron chi connectivity index (χ3n) is 3.13. The number of rotatable bonds is 5. The predicted molar refractivity (Wildman–Crippen MR) is 78.1 cm³/mol. The van der Waals surface area contributed by atoms with E-state index in [1.165, 1.54) is 6.07 Å². The summed E-state index contributed by atoms with van der Waals surface area (Å²) >= 11 is 5.81. The van der Waals surface area contributed by atoms with Gasteiger partial charge in [0.1, 0.15) is 5.82 Å². The summed E-state index contributed by atoms with van der Waals surface area (Å²) in [6.45, 7) is 8.98. The molecular formula is C15H23ClFNO. The van der Waals surface area contributed by atoms with Gasteiger partial charge in [-0.1, -0.05) is 45.4 Å². The van der Waals surface area contributed by atoms with Crippen LogP contribution in [0.25, 0.3) is 0 Å². The molecule has 0 aliphatic heterocycles. The normalized spacial score (nSPS) is 15.3. The first-order chi connectivity index (χ1) is 8.81. The minimum atomic E-state index is -0.301. The lowest BCUT2D eigenvalue weighted by atomic mass is 9.82. The molecule has 1 N–H and O–H groups in total. The summed E-state index contributed by atoms with van der Waals surface area (Å²) in [5, 5.41) is 3.71. The van der Waals surface area contributed by atoms with Gasteiger partial charge in [0.2, 0.25) is 0 Å². The van der Waals surface area contributed by atoms with Crippen molar-refractivity contribution < 1.29 is 9.13 Å². The summed E-state index contributed by atoms with van der Waals surface area (Å²) in [4.78, 5) is 0. The van der Waals surface area contributed by atoms with Crippen molar-refractivity contribution in [2.75, 3.05) is 13.7 Å². The third kappa shape index (κ3) is 4.16. The van der Waals surface area contributed by atoms with Crippen molar-refractivity contribution in [1.82, 2.24) is 5.32 Å². The van der Waals surface area contributed by atoms with Crippen molar-refractivity contribution in [3.63, 3.8) is 0 Å². The lowest BCUT2D eigenvalue weighted by Gasteiger charge is -2.36. The maximum absolute atomic E-state index is 14.1. The van der Waals surface area contributed by atoms with Crippen LogP contribution in [0, 0.1) is 11.2 Å². The van der Waals surface area contributed by atoms with Gasteiger partial charge >= 0.3 is 0 Å². The van der Waals surface area contributed by atoms with Gasteiger partial charge in [-0.05, 0) is 24.1 Å². The quantitative estimate of drug-likeness (QED) is 0.877. The van der Waals surface area contributed by atoms with E-state index in [9.17, 15) is 4.39 Å². The van der Waals surface area contributed by atoms with Gasteiger partial charge in [0.05, 0.1) is 12.1 Å². The maximum Gasteiger partial charge on any atom is 0.129 e. The zero-order chi connectivity index (χ0) is 14.6. The second-order valence-corrected chi connectivity index (χ2v) is 6.16. The molecular weight excluding hydrogens is 265 g/mol. The Morgan fingerprint density at radius 3 is 2.42 bits per heavy atom. The fraction of sp³-hybridized carbons (Fsp3) is 0.600. The summed E-state index contributed by atoms with van der Waals surface area (Å²) in [6, 6.07) is 4.58. The number of nitrogens with one attached hydrogen (secondary N) is 1. The maximum atomic E-state index is 14.1. The molecule has 0 aliphatic carbocycles. The fourth-order valence-corrected chi connectivity index (χ4v) is 2.50. The Morgan fingerprint density at radius 2 is 2.00 bits per heavy atom. The smallest absolute Gasteiger partial charge is 0.129 e. The van der Waals surface area contributed by atoms with Gasteiger partial charge in [-0.3, -0.25) is 0 Å². The van der Waals surface area contributed by atoms with Crippen LogP contribution in [0.2, 0.25) is 5.02 Å². The second-order valence-electron chi connectivity index (χ2n) is 5.72. The highest BCUT2D eigenvalue weighted by atomic mass is 35.5. The van der Waals surface area contributed by atoms with Crippen LogP contribution in [0.3, 0.4) is 0 Å². The summed E-state index contributed by atoms with van der Waals surface area (Å²) in [6.07, 6.45) is -0.136. The van der Waals surface area contributed by atoms with E-state index in [4.69, 9.17) is 16.3 Å². The van der Waals surface area contributed by atoms with Crippen molar-refractivity contribution in [1.29, 1.82) is 0 Å². The van der Waals surface area contributed by atoms with Gasteiger partial charge < -0.3 is 10.1 Å². The Bertz CT molecular complexity index is 417. The highest BCUT2D eigenvalue weighted by Crippen LogP contribution is 2.34. The van der Waals surface area contributed by atoms with E-state index in [1.807, 2.05) is 6.92 Å². The van der Waals surface area contributed by atoms with Crippen molar-refractivity contribution in [3.8, 4) is 0 Å². The zero-order valence-corrected chi connectivity index (χ0v) is 13.0. The average Bonchev–Trinajstić information content (AvgIpc) is 2.27. The summed E-state index contributed by atoms with van der Waals surface area (Å²) in [7, 11) is 1.66. The van der Waals surface area contributed by atoms with E-state index < -0.39 is 0 Å². The van der Waals surface area contributed by atoms with E-state index in [0.717, 1.165) is 6.54 Å². The number of halogens is 2. The molecule has 0 aliphatic rings. The molecule has 0 aromatic heterocycles. The van der Waals surface area contributed by atoms with Gasteiger partial charge in [0, 0.05) is 17.7 Å². The van der Waals surface area contributed by atoms with Crippen LogP contribution in [0.1, 0.15) is 39.3 Å². The third-order valence-corrected chi connectivity index (χ3v) is 3.37. The first-order valence-electron chi connectivity index (χ1n) is 6.52. The molecule has 2 unspecified atom stereocenters. The van der Waals surface area contributed by atoms with Gasteiger partial charge in [0.15, 0.2) is 0 Å². The van der Waals surface area contributed by atoms with Crippen molar-refractivity contribution in [3.05, 3.63) is 34.6 Å². The molecule has 19 heavy (non-hydrogen) atoms. The molecule has 0 spiro atoms. The van der Waals surface area contributed by atoms with Crippen LogP contribution in [0.5, 0.6) is 0 Å². The Balaban J connectivity index is 3.18. The largest absolute Gasteiger partial charge is 0.379 e. The molecule has 0 fully saturated rings. The Hall–Kier alpha value is -0.640. The van der Waals surface area contributed by atoms with Crippen LogP contribution in [0.4, 0.5) is 4.39 Å². The highest BCUT2D eigenvalue weighted by Gasteiger charge is 2.34. The molecule has 0 saturated carbocycles. The fourth-order valence-electron chi connectivity index (χ4n) is 2.34. The predicted octanol–water partition coefficient (Wildman–Crippen LogP) is 4.19. The number of methoxy groups -OCH3 is 1. The van der Waals surface area contributed by atoms with Crippen molar-refractivity contribution in [2.45, 2.75) is 39.8 Å². The van der Waals surface area contributed by atoms with E-state index in [-0.39, 0.29) is 23.4 Å². The van der Waals surface area contributed by atoms with Gasteiger partial charge in [-0.2, -0.15) is 0 Å². The van der Waals surface area contributed by atoms with Crippen LogP contribution in [-0.2, 0) is 4.74 Å². The first-order valence-corrected chi connectivity index (χ1v) is 6.90. The molecule has 4 heteroatoms. The van der Waals surface area contributed by atoms with E-state index in [0.29, 0.717) is 10.6 Å². The van der Waals surface area contributed by atoms with Gasteiger partial charge in [0.25, 0.3) is 0 Å². The summed E-state index contributed by atoms with van der Waals surface area (Å²) in [5.41, 5.74) is 0.487. The monoisotopic (exact) mass is 287 g/mol. The molecule has 2 nitrogen and oxygen atoms in total. The highest BCUT2D eigenvalue weighted by molar-refractivity contribution is 6.30. The zero-order valence-electron chi connectivity index (χ0n) is 12.3. The van der Waals surface area contributed by atoms with Crippen molar-refractivity contribution >= 4 is 11.6 Å². The molecule has 0 saturated heterocycles. The number of likely N-dealkylation sites (N-methyl/N-ethyl adjacent to an activating group) is 1. The SMILES string of the molecule is CCNC(c1ccc(Cl)cc1F)C(OC)C(C)(C)C. The lowest BCUT2D eigenvalue weighted by Crippen LogP contribution is -2.41. The van der Waals surface area contributed by atoms with Gasteiger partial charge in [-0.25, -0.2) is 4.39 Å². The molecule has 1 aromatic carbocycles. The molecule has 0 amide bonds. The first kappa shape index (κ1) is 16.4. The van der Waals surface area contributed by atoms with Crippen molar-refractivity contribution in [2.24, 2.45) is 5.41 Å². The van der Waals surface area contributed by atoms with E-state index in [2.05, 4.69) is 26.1 Å². The molecule has 108 valence electrons. The summed E-state index contributed by atoms with van der Waals surface area (Å²) in [5.74, 6) is -0.301. The number of ether oxygens (including phenoxy) is 1. The molecule has 2 atom stereocenters. The lowest BCUT2D eigenvalue weighted by molar-refractivity contribution is -0.0123. The summed E-state index contributed by atoms with van der Waals surface area (Å²) < 4.78 is 19.7. The molecule has 1 rings (SSSR count). The average molecular weight is 288 g/mol. The standard InChI is InChI=1S/C15H23ClFNO/c1-6-18-13(14(19-5)15(2,3)4)11-8-7-10(16)9-12(11)17/h7-9,13-14,18H,6H2,1-5H3. The topological polar surface area (TPSA) is 21.3 Å². The van der Waals surface area contributed by atoms with Crippen LogP contribution >= 0.6 is 11.6 Å². The number of hydrogen-bond acceptors (Lipinski definition) is 2. The van der Waals surface area contributed by atoms with E-state index >= 15 is 0 Å². The minimum absolute atomic E-state index is 0.104. The van der Waals surface area contributed by atoms with Crippen LogP contribution < -0.4 is 5.32 Å². The van der Waals surface area contributed by atoms with E-state index in [1.54, 1.807) is 19.2 Å². The second kappa shape index (κ2) is 6.69.